The van der Waals surface area contributed by atoms with Crippen LogP contribution in [-0.4, -0.2) is 33.4 Å². The first-order chi connectivity index (χ1) is 8.93. The second-order valence-electron chi connectivity index (χ2n) is 4.22. The third-order valence-electron chi connectivity index (χ3n) is 2.23. The minimum absolute atomic E-state index is 0.0918. The van der Waals surface area contributed by atoms with Crippen LogP contribution in [0.5, 0.6) is 0 Å². The molecule has 2 atom stereocenters. The zero-order valence-electron chi connectivity index (χ0n) is 10.8. The lowest BCUT2D eigenvalue weighted by Gasteiger charge is -2.11. The third-order valence-corrected chi connectivity index (χ3v) is 3.55. The van der Waals surface area contributed by atoms with Gasteiger partial charge in [-0.15, -0.1) is 0 Å². The number of hydrogen-bond acceptors (Lipinski definition) is 4. The minimum atomic E-state index is -0.443. The SMILES string of the molecule is CC(N)NC(=O)c1ccc(C(=O)NC(C)CI)cn1. The van der Waals surface area contributed by atoms with E-state index in [1.807, 2.05) is 6.92 Å². The highest BCUT2D eigenvalue weighted by Crippen LogP contribution is 2.02. The molecule has 0 aliphatic heterocycles. The van der Waals surface area contributed by atoms with Gasteiger partial charge in [0.15, 0.2) is 0 Å². The summed E-state index contributed by atoms with van der Waals surface area (Å²) in [6.07, 6.45) is 0.938. The van der Waals surface area contributed by atoms with Crippen molar-refractivity contribution in [2.75, 3.05) is 4.43 Å². The Morgan fingerprint density at radius 2 is 2.00 bits per heavy atom. The Morgan fingerprint density at radius 1 is 1.32 bits per heavy atom. The summed E-state index contributed by atoms with van der Waals surface area (Å²) in [7, 11) is 0. The fraction of sp³-hybridized carbons (Fsp3) is 0.417. The van der Waals surface area contributed by atoms with Gasteiger partial charge in [-0.3, -0.25) is 14.6 Å². The summed E-state index contributed by atoms with van der Waals surface area (Å²) < 4.78 is 0.825. The third kappa shape index (κ3) is 5.11. The molecular weight excluding hydrogens is 359 g/mol. The van der Waals surface area contributed by atoms with Crippen molar-refractivity contribution in [2.24, 2.45) is 5.73 Å². The summed E-state index contributed by atoms with van der Waals surface area (Å²) in [4.78, 5) is 27.4. The summed E-state index contributed by atoms with van der Waals surface area (Å²) in [5.74, 6) is -0.557. The van der Waals surface area contributed by atoms with Crippen LogP contribution in [0.25, 0.3) is 0 Å². The quantitative estimate of drug-likeness (QED) is 0.400. The maximum atomic E-state index is 11.8. The highest BCUT2D eigenvalue weighted by molar-refractivity contribution is 14.1. The van der Waals surface area contributed by atoms with Crippen LogP contribution in [0, 0.1) is 0 Å². The fourth-order valence-corrected chi connectivity index (χ4v) is 1.51. The monoisotopic (exact) mass is 376 g/mol. The molecule has 0 aliphatic rings. The normalized spacial score (nSPS) is 13.5. The smallest absolute Gasteiger partial charge is 0.271 e. The molecular formula is C12H17IN4O2. The number of alkyl halides is 1. The van der Waals surface area contributed by atoms with Crippen molar-refractivity contribution in [3.05, 3.63) is 29.6 Å². The molecule has 2 unspecified atom stereocenters. The molecule has 2 amide bonds. The summed E-state index contributed by atoms with van der Waals surface area (Å²) in [6.45, 7) is 3.58. The van der Waals surface area contributed by atoms with Gasteiger partial charge in [0.25, 0.3) is 11.8 Å². The maximum absolute atomic E-state index is 11.8. The average molecular weight is 376 g/mol. The van der Waals surface area contributed by atoms with E-state index >= 15 is 0 Å². The predicted octanol–water partition coefficient (Wildman–Crippen LogP) is 0.669. The topological polar surface area (TPSA) is 97.1 Å². The van der Waals surface area contributed by atoms with Gasteiger partial charge >= 0.3 is 0 Å². The number of nitrogens with zero attached hydrogens (tertiary/aromatic N) is 1. The van der Waals surface area contributed by atoms with E-state index in [9.17, 15) is 9.59 Å². The van der Waals surface area contributed by atoms with Crippen LogP contribution in [0.2, 0.25) is 0 Å². The molecule has 0 spiro atoms. The number of aromatic nitrogens is 1. The van der Waals surface area contributed by atoms with Gasteiger partial charge in [0.05, 0.1) is 11.7 Å². The zero-order valence-corrected chi connectivity index (χ0v) is 13.0. The molecule has 1 aromatic heterocycles. The first-order valence-electron chi connectivity index (χ1n) is 5.83. The van der Waals surface area contributed by atoms with E-state index in [0.717, 1.165) is 4.43 Å². The van der Waals surface area contributed by atoms with E-state index in [4.69, 9.17) is 5.73 Å². The number of halogens is 1. The number of carbonyl (C=O) groups excluding carboxylic acids is 2. The average Bonchev–Trinajstić information content (AvgIpc) is 2.37. The van der Waals surface area contributed by atoms with Gasteiger partial charge in [-0.2, -0.15) is 0 Å². The number of pyridine rings is 1. The lowest BCUT2D eigenvalue weighted by molar-refractivity contribution is 0.0925. The van der Waals surface area contributed by atoms with Gasteiger partial charge in [0, 0.05) is 16.7 Å². The number of rotatable bonds is 5. The number of nitrogens with one attached hydrogen (secondary N) is 2. The van der Waals surface area contributed by atoms with Gasteiger partial charge in [0.2, 0.25) is 0 Å². The zero-order chi connectivity index (χ0) is 14.4. The molecule has 7 heteroatoms. The van der Waals surface area contributed by atoms with Crippen LogP contribution in [-0.2, 0) is 0 Å². The molecule has 1 heterocycles. The molecule has 104 valence electrons. The van der Waals surface area contributed by atoms with Crippen molar-refractivity contribution in [2.45, 2.75) is 26.1 Å². The Morgan fingerprint density at radius 3 is 2.47 bits per heavy atom. The first kappa shape index (κ1) is 15.8. The van der Waals surface area contributed by atoms with Gasteiger partial charge < -0.3 is 16.4 Å². The molecule has 0 saturated carbocycles. The van der Waals surface area contributed by atoms with Crippen LogP contribution >= 0.6 is 22.6 Å². The lowest BCUT2D eigenvalue weighted by atomic mass is 10.2. The molecule has 4 N–H and O–H groups in total. The predicted molar refractivity (Wildman–Crippen MR) is 81.2 cm³/mol. The van der Waals surface area contributed by atoms with Crippen molar-refractivity contribution in [3.8, 4) is 0 Å². The van der Waals surface area contributed by atoms with Crippen LogP contribution < -0.4 is 16.4 Å². The minimum Gasteiger partial charge on any atom is -0.349 e. The molecule has 1 rings (SSSR count). The van der Waals surface area contributed by atoms with Gasteiger partial charge in [-0.25, -0.2) is 0 Å². The Hall–Kier alpha value is -1.22. The van der Waals surface area contributed by atoms with Crippen molar-refractivity contribution in [1.82, 2.24) is 15.6 Å². The van der Waals surface area contributed by atoms with Crippen LogP contribution in [0.1, 0.15) is 34.7 Å². The molecule has 0 fully saturated rings. The van der Waals surface area contributed by atoms with Gasteiger partial charge in [-0.1, -0.05) is 22.6 Å². The Bertz CT molecular complexity index is 448. The maximum Gasteiger partial charge on any atom is 0.271 e. The number of nitrogens with two attached hydrogens (primary N) is 1. The van der Waals surface area contributed by atoms with Gasteiger partial charge in [0.1, 0.15) is 5.69 Å². The van der Waals surface area contributed by atoms with Crippen LogP contribution in [0.15, 0.2) is 18.3 Å². The van der Waals surface area contributed by atoms with E-state index in [1.165, 1.54) is 12.3 Å². The first-order valence-corrected chi connectivity index (χ1v) is 7.36. The van der Waals surface area contributed by atoms with Crippen molar-refractivity contribution in [3.63, 3.8) is 0 Å². The lowest BCUT2D eigenvalue weighted by Crippen LogP contribution is -2.39. The highest BCUT2D eigenvalue weighted by atomic mass is 127. The second-order valence-corrected chi connectivity index (χ2v) is 5.10. The molecule has 6 nitrogen and oxygen atoms in total. The largest absolute Gasteiger partial charge is 0.349 e. The number of amides is 2. The Balaban J connectivity index is 2.71. The fourth-order valence-electron chi connectivity index (χ4n) is 1.29. The number of hydrogen-bond donors (Lipinski definition) is 3. The summed E-state index contributed by atoms with van der Waals surface area (Å²) in [6, 6.07) is 3.16. The van der Waals surface area contributed by atoms with Crippen LogP contribution in [0.4, 0.5) is 0 Å². The van der Waals surface area contributed by atoms with Crippen molar-refractivity contribution < 1.29 is 9.59 Å². The molecule has 1 aromatic rings. The Labute approximate surface area is 125 Å². The summed E-state index contributed by atoms with van der Waals surface area (Å²) in [5.41, 5.74) is 6.11. The van der Waals surface area contributed by atoms with E-state index in [0.29, 0.717) is 5.56 Å². The van der Waals surface area contributed by atoms with E-state index in [1.54, 1.807) is 13.0 Å². The summed E-state index contributed by atoms with van der Waals surface area (Å²) in [5, 5.41) is 5.34. The number of carbonyl (C=O) groups is 2. The highest BCUT2D eigenvalue weighted by Gasteiger charge is 2.12. The van der Waals surface area contributed by atoms with E-state index < -0.39 is 6.17 Å². The molecule has 0 radical (unpaired) electrons. The molecule has 0 aromatic carbocycles. The molecule has 0 bridgehead atoms. The van der Waals surface area contributed by atoms with E-state index in [-0.39, 0.29) is 23.6 Å². The van der Waals surface area contributed by atoms with Crippen LogP contribution in [0.3, 0.4) is 0 Å². The molecule has 0 aliphatic carbocycles. The second kappa shape index (κ2) is 7.39. The van der Waals surface area contributed by atoms with E-state index in [2.05, 4.69) is 38.2 Å². The standard InChI is InChI=1S/C12H17IN4O2/c1-7(5-13)16-11(18)9-3-4-10(15-6-9)12(19)17-8(2)14/h3-4,6-8H,5,14H2,1-2H3,(H,16,18)(H,17,19). The Kier molecular flexibility index (Phi) is 6.16. The molecule has 19 heavy (non-hydrogen) atoms. The van der Waals surface area contributed by atoms with Crippen molar-refractivity contribution in [1.29, 1.82) is 0 Å². The van der Waals surface area contributed by atoms with Gasteiger partial charge in [-0.05, 0) is 26.0 Å². The summed E-state index contributed by atoms with van der Waals surface area (Å²) >= 11 is 2.20. The van der Waals surface area contributed by atoms with Crippen molar-refractivity contribution >= 4 is 34.4 Å². The molecule has 0 saturated heterocycles.